The van der Waals surface area contributed by atoms with Crippen molar-refractivity contribution in [3.05, 3.63) is 108 Å². The Morgan fingerprint density at radius 3 is 2.53 bits per heavy atom. The molecule has 0 atom stereocenters. The van der Waals surface area contributed by atoms with E-state index in [1.165, 1.54) is 30.1 Å². The van der Waals surface area contributed by atoms with E-state index in [1.54, 1.807) is 24.3 Å². The maximum absolute atomic E-state index is 13.9. The van der Waals surface area contributed by atoms with E-state index in [4.69, 9.17) is 19.2 Å². The van der Waals surface area contributed by atoms with Crippen LogP contribution in [0.1, 0.15) is 43.4 Å². The normalized spacial score (nSPS) is 11.4. The molecule has 0 spiro atoms. The predicted octanol–water partition coefficient (Wildman–Crippen LogP) is 7.64. The van der Waals surface area contributed by atoms with Crippen LogP contribution in [0.4, 0.5) is 5.69 Å². The van der Waals surface area contributed by atoms with Gasteiger partial charge in [-0.3, -0.25) is 14.9 Å². The molecule has 3 aromatic carbocycles. The summed E-state index contributed by atoms with van der Waals surface area (Å²) >= 11 is 3.56. The van der Waals surface area contributed by atoms with Crippen molar-refractivity contribution in [2.75, 3.05) is 13.7 Å². The van der Waals surface area contributed by atoms with Gasteiger partial charge in [0.2, 0.25) is 5.88 Å². The maximum Gasteiger partial charge on any atom is 0.287 e. The molecule has 5 rings (SSSR count). The number of nitrogens with zero attached hydrogens (tertiary/aromatic N) is 5. The number of halogens is 1. The summed E-state index contributed by atoms with van der Waals surface area (Å²) in [5, 5.41) is 16.0. The lowest BCUT2D eigenvalue weighted by molar-refractivity contribution is -0.385. The molecule has 0 aliphatic heterocycles. The first-order valence-corrected chi connectivity index (χ1v) is 14.9. The Hall–Kier alpha value is -5.10. The minimum Gasteiger partial charge on any atom is -0.494 e. The molecular weight excluding hydrogens is 642 g/mol. The van der Waals surface area contributed by atoms with Gasteiger partial charge < -0.3 is 14.2 Å². The first-order chi connectivity index (χ1) is 21.6. The van der Waals surface area contributed by atoms with E-state index < -0.39 is 4.92 Å². The smallest absolute Gasteiger partial charge is 0.287 e. The Bertz CT molecular complexity index is 1990. The van der Waals surface area contributed by atoms with Crippen LogP contribution < -0.4 is 19.8 Å². The zero-order chi connectivity index (χ0) is 32.2. The fourth-order valence-electron chi connectivity index (χ4n) is 4.74. The number of para-hydroxylation sites is 1. The van der Waals surface area contributed by atoms with Gasteiger partial charge in [-0.2, -0.15) is 9.78 Å². The number of aromatic nitrogens is 3. The van der Waals surface area contributed by atoms with Gasteiger partial charge in [0.1, 0.15) is 11.9 Å². The molecular formula is C33H30BrN5O6. The summed E-state index contributed by atoms with van der Waals surface area (Å²) in [7, 11) is 1.48. The zero-order valence-corrected chi connectivity index (χ0v) is 26.9. The van der Waals surface area contributed by atoms with Crippen molar-refractivity contribution in [1.82, 2.24) is 14.6 Å². The number of fused-ring (bicyclic) bond motifs is 1. The van der Waals surface area contributed by atoms with Gasteiger partial charge in [0.25, 0.3) is 11.2 Å². The fourth-order valence-corrected chi connectivity index (χ4v) is 5.16. The molecule has 0 aliphatic carbocycles. The molecule has 0 unspecified atom stereocenters. The monoisotopic (exact) mass is 671 g/mol. The number of benzene rings is 3. The fraction of sp³-hybridized carbons (Fsp3) is 0.212. The largest absolute Gasteiger partial charge is 0.494 e. The van der Waals surface area contributed by atoms with Crippen LogP contribution in [-0.4, -0.2) is 39.5 Å². The van der Waals surface area contributed by atoms with Gasteiger partial charge in [0.15, 0.2) is 17.3 Å². The highest BCUT2D eigenvalue weighted by Gasteiger charge is 2.19. The molecule has 11 nitrogen and oxygen atoms in total. The van der Waals surface area contributed by atoms with Crippen molar-refractivity contribution in [1.29, 1.82) is 0 Å². The molecule has 0 aliphatic rings. The molecule has 0 N–H and O–H groups in total. The highest BCUT2D eigenvalue weighted by molar-refractivity contribution is 9.10. The second-order valence-electron chi connectivity index (χ2n) is 10.3. The molecule has 0 amide bonds. The SMILES string of the molecule is CCOc1cc(C)c(-c2nc3ccccc3c(=O)n2N=Cc2cc(OC)c(Oc3ccc([N+](=O)[O-])cn3)cc2Br)cc1C(C)C. The van der Waals surface area contributed by atoms with Crippen molar-refractivity contribution in [2.24, 2.45) is 5.10 Å². The van der Waals surface area contributed by atoms with Crippen molar-refractivity contribution >= 4 is 38.7 Å². The number of hydrogen-bond donors (Lipinski definition) is 0. The quantitative estimate of drug-likeness (QED) is 0.0841. The lowest BCUT2D eigenvalue weighted by atomic mass is 9.96. The van der Waals surface area contributed by atoms with Gasteiger partial charge in [-0.15, -0.1) is 0 Å². The average Bonchev–Trinajstić information content (AvgIpc) is 3.02. The van der Waals surface area contributed by atoms with Gasteiger partial charge >= 0.3 is 0 Å². The maximum atomic E-state index is 13.9. The predicted molar refractivity (Wildman–Crippen MR) is 176 cm³/mol. The Morgan fingerprint density at radius 1 is 1.09 bits per heavy atom. The van der Waals surface area contributed by atoms with E-state index >= 15 is 0 Å². The number of aryl methyl sites for hydroxylation is 1. The number of methoxy groups -OCH3 is 1. The van der Waals surface area contributed by atoms with Crippen molar-refractivity contribution < 1.29 is 19.1 Å². The van der Waals surface area contributed by atoms with E-state index in [9.17, 15) is 14.9 Å². The molecule has 12 heteroatoms. The van der Waals surface area contributed by atoms with Crippen molar-refractivity contribution in [3.8, 4) is 34.5 Å². The minimum absolute atomic E-state index is 0.150. The summed E-state index contributed by atoms with van der Waals surface area (Å²) < 4.78 is 19.2. The van der Waals surface area contributed by atoms with E-state index in [-0.39, 0.29) is 23.0 Å². The molecule has 5 aromatic rings. The summed E-state index contributed by atoms with van der Waals surface area (Å²) in [6, 6.07) is 17.2. The second-order valence-corrected chi connectivity index (χ2v) is 11.2. The number of pyridine rings is 1. The van der Waals surface area contributed by atoms with Gasteiger partial charge in [-0.1, -0.05) is 26.0 Å². The summed E-state index contributed by atoms with van der Waals surface area (Å²) in [6.07, 6.45) is 2.65. The zero-order valence-electron chi connectivity index (χ0n) is 25.3. The number of ether oxygens (including phenoxy) is 3. The molecule has 0 saturated heterocycles. The molecule has 0 radical (unpaired) electrons. The van der Waals surface area contributed by atoms with E-state index in [2.05, 4.69) is 39.9 Å². The van der Waals surface area contributed by atoms with Crippen LogP contribution in [0.15, 0.2) is 81.2 Å². The molecule has 230 valence electrons. The van der Waals surface area contributed by atoms with Crippen LogP contribution in [-0.2, 0) is 0 Å². The van der Waals surface area contributed by atoms with Gasteiger partial charge in [-0.25, -0.2) is 9.97 Å². The Balaban J connectivity index is 1.60. The van der Waals surface area contributed by atoms with E-state index in [0.29, 0.717) is 44.9 Å². The van der Waals surface area contributed by atoms with E-state index in [0.717, 1.165) is 28.6 Å². The molecule has 0 saturated carbocycles. The molecule has 2 heterocycles. The standard InChI is InChI=1S/C33H30BrN5O6/c1-6-44-28-13-20(4)25(15-24(28)19(2)3)32-37-27-10-8-7-9-23(27)33(40)38(32)36-17-21-14-29(43-5)30(16-26(21)34)45-31-12-11-22(18-35-31)39(41)42/h7-19H,6H2,1-5H3. The highest BCUT2D eigenvalue weighted by atomic mass is 79.9. The van der Waals surface area contributed by atoms with Crippen LogP contribution in [0.5, 0.6) is 23.1 Å². The Morgan fingerprint density at radius 2 is 1.87 bits per heavy atom. The number of hydrogen-bond acceptors (Lipinski definition) is 9. The first-order valence-electron chi connectivity index (χ1n) is 14.1. The number of rotatable bonds is 10. The summed E-state index contributed by atoms with van der Waals surface area (Å²) in [6.45, 7) is 8.62. The topological polar surface area (TPSA) is 131 Å². The van der Waals surface area contributed by atoms with E-state index in [1.807, 2.05) is 38.1 Å². The third-order valence-corrected chi connectivity index (χ3v) is 7.70. The third kappa shape index (κ3) is 6.55. The van der Waals surface area contributed by atoms with Crippen LogP contribution in [0.2, 0.25) is 0 Å². The third-order valence-electron chi connectivity index (χ3n) is 7.01. The number of nitro groups is 1. The lowest BCUT2D eigenvalue weighted by Crippen LogP contribution is -2.21. The first kappa shape index (κ1) is 31.3. The highest BCUT2D eigenvalue weighted by Crippen LogP contribution is 2.37. The van der Waals surface area contributed by atoms with Crippen LogP contribution >= 0.6 is 15.9 Å². The van der Waals surface area contributed by atoms with Crippen LogP contribution in [0, 0.1) is 17.0 Å². The molecule has 0 fully saturated rings. The summed E-state index contributed by atoms with van der Waals surface area (Å²) in [5.41, 5.74) is 3.33. The molecule has 45 heavy (non-hydrogen) atoms. The lowest BCUT2D eigenvalue weighted by Gasteiger charge is -2.18. The van der Waals surface area contributed by atoms with Crippen molar-refractivity contribution in [2.45, 2.75) is 33.6 Å². The molecule has 0 bridgehead atoms. The Kier molecular flexibility index (Phi) is 9.24. The summed E-state index contributed by atoms with van der Waals surface area (Å²) in [4.78, 5) is 33.2. The van der Waals surface area contributed by atoms with Gasteiger partial charge in [-0.05, 0) is 83.2 Å². The van der Waals surface area contributed by atoms with Crippen molar-refractivity contribution in [3.63, 3.8) is 0 Å². The van der Waals surface area contributed by atoms with Gasteiger partial charge in [0, 0.05) is 27.7 Å². The second kappa shape index (κ2) is 13.3. The average molecular weight is 673 g/mol. The molecule has 2 aromatic heterocycles. The van der Waals surface area contributed by atoms with Gasteiger partial charge in [0.05, 0.1) is 35.8 Å². The Labute approximate surface area is 267 Å². The minimum atomic E-state index is -0.537. The van der Waals surface area contributed by atoms with Crippen LogP contribution in [0.25, 0.3) is 22.3 Å². The van der Waals surface area contributed by atoms with Crippen LogP contribution in [0.3, 0.4) is 0 Å². The summed E-state index contributed by atoms with van der Waals surface area (Å²) in [5.74, 6) is 2.18.